The first-order valence-electron chi connectivity index (χ1n) is 7.88. The van der Waals surface area contributed by atoms with Crippen molar-refractivity contribution < 1.29 is 19.8 Å². The van der Waals surface area contributed by atoms with E-state index in [4.69, 9.17) is 16.1 Å². The molecule has 1 aromatic heterocycles. The van der Waals surface area contributed by atoms with Crippen LogP contribution in [-0.2, 0) is 0 Å². The van der Waals surface area contributed by atoms with Gasteiger partial charge in [0.2, 0.25) is 17.8 Å². The fraction of sp³-hybridized carbons (Fsp3) is 0. The molecule has 0 fully saturated rings. The number of anilines is 5. The predicted molar refractivity (Wildman–Crippen MR) is 101 cm³/mol. The molecule has 28 heavy (non-hydrogen) atoms. The molecule has 7 N–H and O–H groups in total. The summed E-state index contributed by atoms with van der Waals surface area (Å²) in [4.78, 5) is 34.2. The minimum Gasteiger partial charge on any atom is -0.478 e. The van der Waals surface area contributed by atoms with Crippen LogP contribution in [0, 0.1) is 0 Å². The lowest BCUT2D eigenvalue weighted by Crippen LogP contribution is -2.14. The molecule has 0 aliphatic rings. The largest absolute Gasteiger partial charge is 0.478 e. The molecule has 0 atom stereocenters. The van der Waals surface area contributed by atoms with Gasteiger partial charge in [0.25, 0.3) is 0 Å². The number of hydrogen-bond donors (Lipinski definition) is 6. The van der Waals surface area contributed by atoms with Crippen LogP contribution in [0.2, 0.25) is 0 Å². The zero-order valence-electron chi connectivity index (χ0n) is 14.2. The molecule has 1 heterocycles. The first-order chi connectivity index (χ1) is 13.4. The van der Waals surface area contributed by atoms with E-state index in [1.165, 1.54) is 24.3 Å². The Kier molecular flexibility index (Phi) is 5.28. The molecule has 0 saturated carbocycles. The lowest BCUT2D eigenvalue weighted by molar-refractivity contribution is 0.0686. The standard InChI is InChI=1S/C17H15N7O4/c18-24-17-22-15(19-11-5-1-9(2-6-11)13(25)26)21-16(23-17)20-12-7-3-10(4-8-12)14(27)28/h1-8H,18H2,(H,25,26)(H,27,28)(H3,19,20,21,22,23,24). The second kappa shape index (κ2) is 7.97. The lowest BCUT2D eigenvalue weighted by Gasteiger charge is -2.10. The molecule has 0 unspecified atom stereocenters. The first kappa shape index (κ1) is 18.5. The summed E-state index contributed by atoms with van der Waals surface area (Å²) in [5.41, 5.74) is 3.76. The Balaban J connectivity index is 1.81. The van der Waals surface area contributed by atoms with Gasteiger partial charge in [0.1, 0.15) is 0 Å². The first-order valence-corrected chi connectivity index (χ1v) is 7.88. The number of benzene rings is 2. The second-order valence-corrected chi connectivity index (χ2v) is 5.47. The highest BCUT2D eigenvalue weighted by atomic mass is 16.4. The maximum Gasteiger partial charge on any atom is 0.335 e. The summed E-state index contributed by atoms with van der Waals surface area (Å²) in [5, 5.41) is 23.7. The molecule has 11 heteroatoms. The zero-order chi connectivity index (χ0) is 20.1. The van der Waals surface area contributed by atoms with Gasteiger partial charge in [-0.25, -0.2) is 15.4 Å². The van der Waals surface area contributed by atoms with Crippen LogP contribution >= 0.6 is 0 Å². The number of hydrazine groups is 1. The van der Waals surface area contributed by atoms with Gasteiger partial charge in [-0.15, -0.1) is 0 Å². The van der Waals surface area contributed by atoms with Crippen molar-refractivity contribution in [2.24, 2.45) is 5.84 Å². The van der Waals surface area contributed by atoms with E-state index < -0.39 is 11.9 Å². The summed E-state index contributed by atoms with van der Waals surface area (Å²) < 4.78 is 0. The second-order valence-electron chi connectivity index (χ2n) is 5.47. The van der Waals surface area contributed by atoms with E-state index in [-0.39, 0.29) is 29.0 Å². The van der Waals surface area contributed by atoms with Gasteiger partial charge in [-0.3, -0.25) is 5.43 Å². The Morgan fingerprint density at radius 2 is 1.04 bits per heavy atom. The Morgan fingerprint density at radius 3 is 1.36 bits per heavy atom. The van der Waals surface area contributed by atoms with Gasteiger partial charge in [-0.1, -0.05) is 0 Å². The van der Waals surface area contributed by atoms with Gasteiger partial charge in [-0.2, -0.15) is 15.0 Å². The molecule has 0 saturated heterocycles. The van der Waals surface area contributed by atoms with Crippen molar-refractivity contribution in [3.63, 3.8) is 0 Å². The van der Waals surface area contributed by atoms with Crippen molar-refractivity contribution in [3.8, 4) is 0 Å². The smallest absolute Gasteiger partial charge is 0.335 e. The number of nitrogens with two attached hydrogens (primary N) is 1. The molecule has 142 valence electrons. The van der Waals surface area contributed by atoms with Crippen molar-refractivity contribution in [1.82, 2.24) is 15.0 Å². The van der Waals surface area contributed by atoms with Crippen molar-refractivity contribution >= 4 is 41.2 Å². The Morgan fingerprint density at radius 1 is 0.679 bits per heavy atom. The number of hydrogen-bond acceptors (Lipinski definition) is 9. The molecule has 0 spiro atoms. The maximum absolute atomic E-state index is 10.9. The lowest BCUT2D eigenvalue weighted by atomic mass is 10.2. The summed E-state index contributed by atoms with van der Waals surface area (Å²) in [6.07, 6.45) is 0. The average molecular weight is 381 g/mol. The molecule has 2 aromatic carbocycles. The monoisotopic (exact) mass is 381 g/mol. The number of rotatable bonds is 7. The number of aromatic carboxylic acids is 2. The molecule has 0 aliphatic carbocycles. The van der Waals surface area contributed by atoms with Crippen molar-refractivity contribution in [1.29, 1.82) is 0 Å². The Labute approximate surface area is 158 Å². The quantitative estimate of drug-likeness (QED) is 0.261. The highest BCUT2D eigenvalue weighted by molar-refractivity contribution is 5.88. The van der Waals surface area contributed by atoms with Gasteiger partial charge in [-0.05, 0) is 48.5 Å². The summed E-state index contributed by atoms with van der Waals surface area (Å²) in [6.45, 7) is 0. The van der Waals surface area contributed by atoms with Crippen molar-refractivity contribution in [2.45, 2.75) is 0 Å². The third-order valence-corrected chi connectivity index (χ3v) is 3.54. The predicted octanol–water partition coefficient (Wildman–Crippen LogP) is 2.04. The molecule has 11 nitrogen and oxygen atoms in total. The third kappa shape index (κ3) is 4.47. The van der Waals surface area contributed by atoms with E-state index >= 15 is 0 Å². The van der Waals surface area contributed by atoms with Crippen molar-refractivity contribution in [2.75, 3.05) is 16.1 Å². The Hall–Kier alpha value is -4.25. The van der Waals surface area contributed by atoms with Crippen LogP contribution in [-0.4, -0.2) is 37.1 Å². The highest BCUT2D eigenvalue weighted by Crippen LogP contribution is 2.19. The fourth-order valence-corrected chi connectivity index (χ4v) is 2.20. The van der Waals surface area contributed by atoms with Gasteiger partial charge in [0.15, 0.2) is 0 Å². The summed E-state index contributed by atoms with van der Waals surface area (Å²) >= 11 is 0. The minimum absolute atomic E-state index is 0.0873. The fourth-order valence-electron chi connectivity index (χ4n) is 2.20. The number of carboxylic acids is 2. The van der Waals surface area contributed by atoms with Gasteiger partial charge < -0.3 is 20.8 Å². The summed E-state index contributed by atoms with van der Waals surface area (Å²) in [6, 6.07) is 12.0. The number of nitrogen functional groups attached to an aromatic ring is 1. The molecule has 0 radical (unpaired) electrons. The van der Waals surface area contributed by atoms with Crippen LogP contribution in [0.25, 0.3) is 0 Å². The van der Waals surface area contributed by atoms with Crippen LogP contribution in [0.4, 0.5) is 29.2 Å². The van der Waals surface area contributed by atoms with E-state index in [0.717, 1.165) is 0 Å². The normalized spacial score (nSPS) is 10.2. The Bertz CT molecular complexity index is 929. The molecular formula is C17H15N7O4. The highest BCUT2D eigenvalue weighted by Gasteiger charge is 2.09. The van der Waals surface area contributed by atoms with Gasteiger partial charge in [0.05, 0.1) is 11.1 Å². The number of nitrogens with zero attached hydrogens (tertiary/aromatic N) is 3. The zero-order valence-corrected chi connectivity index (χ0v) is 14.2. The van der Waals surface area contributed by atoms with Crippen LogP contribution in [0.5, 0.6) is 0 Å². The van der Waals surface area contributed by atoms with Crippen LogP contribution in [0.1, 0.15) is 20.7 Å². The van der Waals surface area contributed by atoms with Gasteiger partial charge >= 0.3 is 11.9 Å². The van der Waals surface area contributed by atoms with Crippen LogP contribution in [0.15, 0.2) is 48.5 Å². The van der Waals surface area contributed by atoms with E-state index in [0.29, 0.717) is 11.4 Å². The SMILES string of the molecule is NNc1nc(Nc2ccc(C(=O)O)cc2)nc(Nc2ccc(C(=O)O)cc2)n1. The van der Waals surface area contributed by atoms with Crippen molar-refractivity contribution in [3.05, 3.63) is 59.7 Å². The van der Waals surface area contributed by atoms with Gasteiger partial charge in [0, 0.05) is 11.4 Å². The van der Waals surface area contributed by atoms with E-state index in [9.17, 15) is 9.59 Å². The van der Waals surface area contributed by atoms with E-state index in [1.54, 1.807) is 24.3 Å². The third-order valence-electron chi connectivity index (χ3n) is 3.54. The summed E-state index contributed by atoms with van der Waals surface area (Å²) in [5.74, 6) is 3.75. The topological polar surface area (TPSA) is 175 Å². The minimum atomic E-state index is -1.03. The average Bonchev–Trinajstić information content (AvgIpc) is 2.68. The summed E-state index contributed by atoms with van der Waals surface area (Å²) in [7, 11) is 0. The number of nitrogens with one attached hydrogen (secondary N) is 3. The van der Waals surface area contributed by atoms with Crippen LogP contribution in [0.3, 0.4) is 0 Å². The molecule has 3 aromatic rings. The molecule has 0 aliphatic heterocycles. The number of carbonyl (C=O) groups is 2. The van der Waals surface area contributed by atoms with Crippen LogP contribution < -0.4 is 21.9 Å². The maximum atomic E-state index is 10.9. The van der Waals surface area contributed by atoms with E-state index in [2.05, 4.69) is 31.0 Å². The molecule has 0 bridgehead atoms. The molecular weight excluding hydrogens is 366 g/mol. The number of carboxylic acid groups (broad SMARTS) is 2. The molecule has 0 amide bonds. The molecule has 3 rings (SSSR count). The van der Waals surface area contributed by atoms with E-state index in [1.807, 2.05) is 0 Å². The number of aromatic nitrogens is 3.